The maximum absolute atomic E-state index is 13.4. The van der Waals surface area contributed by atoms with E-state index in [-0.39, 0.29) is 30.9 Å². The molecule has 2 aromatic rings. The number of carbonyl (C=O) groups is 3. The van der Waals surface area contributed by atoms with Crippen molar-refractivity contribution in [2.45, 2.75) is 38.3 Å². The maximum atomic E-state index is 13.4. The van der Waals surface area contributed by atoms with E-state index in [2.05, 4.69) is 26.3 Å². The zero-order valence-electron chi connectivity index (χ0n) is 21.9. The molecule has 2 fully saturated rings. The van der Waals surface area contributed by atoms with Crippen LogP contribution in [0.1, 0.15) is 46.4 Å². The summed E-state index contributed by atoms with van der Waals surface area (Å²) in [6, 6.07) is 5.33. The monoisotopic (exact) mass is 533 g/mol. The third-order valence-corrected chi connectivity index (χ3v) is 7.34. The van der Waals surface area contributed by atoms with Gasteiger partial charge in [-0.15, -0.1) is 0 Å². The molecule has 1 N–H and O–H groups in total. The molecule has 39 heavy (non-hydrogen) atoms. The van der Waals surface area contributed by atoms with Gasteiger partial charge in [0.05, 0.1) is 17.4 Å². The summed E-state index contributed by atoms with van der Waals surface area (Å²) < 4.78 is 10.8. The van der Waals surface area contributed by atoms with Gasteiger partial charge in [0.15, 0.2) is 6.29 Å². The Labute approximate surface area is 226 Å². The molecule has 0 saturated carbocycles. The Bertz CT molecular complexity index is 1310. The SMILES string of the molecule is CO[C@H]1CCN(c2cc(NC(=O)N3CCCc4cc(CN5CCCOCC5=O)c(C=O)nc43)ncc2C#N)C1. The molecule has 0 spiro atoms. The Morgan fingerprint density at radius 3 is 2.95 bits per heavy atom. The van der Waals surface area contributed by atoms with Crippen molar-refractivity contribution in [2.24, 2.45) is 0 Å². The van der Waals surface area contributed by atoms with E-state index in [0.29, 0.717) is 67.4 Å². The Kier molecular flexibility index (Phi) is 7.99. The minimum atomic E-state index is -0.424. The highest BCUT2D eigenvalue weighted by molar-refractivity contribution is 6.02. The number of nitrogens with zero attached hydrogens (tertiary/aromatic N) is 6. The standard InChI is InChI=1S/C27H31N7O5/c1-38-21-5-8-32(15-21)23-11-24(29-13-20(23)12-28)31-27(37)34-7-2-4-18-10-19(22(16-35)30-26(18)34)14-33-6-3-9-39-17-25(33)36/h10-11,13,16,21H,2-9,14-15,17H2,1H3,(H,29,31,37)/t21-/m0/s1. The number of aromatic nitrogens is 2. The summed E-state index contributed by atoms with van der Waals surface area (Å²) in [6.07, 6.45) is 5.20. The number of urea groups is 1. The predicted octanol–water partition coefficient (Wildman–Crippen LogP) is 2.12. The van der Waals surface area contributed by atoms with Gasteiger partial charge < -0.3 is 19.3 Å². The first-order chi connectivity index (χ1) is 19.0. The fourth-order valence-electron chi connectivity index (χ4n) is 5.27. The highest BCUT2D eigenvalue weighted by Crippen LogP contribution is 2.30. The second kappa shape index (κ2) is 11.8. The molecule has 12 nitrogen and oxygen atoms in total. The number of amides is 3. The van der Waals surface area contributed by atoms with E-state index in [4.69, 9.17) is 9.47 Å². The van der Waals surface area contributed by atoms with Gasteiger partial charge in [-0.1, -0.05) is 0 Å². The molecule has 5 heterocycles. The van der Waals surface area contributed by atoms with Crippen LogP contribution in [0.2, 0.25) is 0 Å². The minimum absolute atomic E-state index is 0.0263. The van der Waals surface area contributed by atoms with Gasteiger partial charge in [0.2, 0.25) is 5.91 Å². The van der Waals surface area contributed by atoms with Crippen LogP contribution in [-0.4, -0.2) is 85.7 Å². The third kappa shape index (κ3) is 5.69. The summed E-state index contributed by atoms with van der Waals surface area (Å²) in [5, 5.41) is 12.4. The lowest BCUT2D eigenvalue weighted by atomic mass is 10.0. The molecule has 0 bridgehead atoms. The van der Waals surface area contributed by atoms with Gasteiger partial charge in [-0.05, 0) is 37.3 Å². The molecule has 12 heteroatoms. The highest BCUT2D eigenvalue weighted by atomic mass is 16.5. The molecular formula is C27H31N7O5. The summed E-state index contributed by atoms with van der Waals surface area (Å²) in [7, 11) is 1.67. The largest absolute Gasteiger partial charge is 0.380 e. The molecule has 0 aliphatic carbocycles. The smallest absolute Gasteiger partial charge is 0.328 e. The Balaban J connectivity index is 1.36. The van der Waals surface area contributed by atoms with E-state index >= 15 is 0 Å². The van der Waals surface area contributed by atoms with Crippen molar-refractivity contribution in [3.8, 4) is 6.07 Å². The van der Waals surface area contributed by atoms with Gasteiger partial charge in [-0.25, -0.2) is 14.8 Å². The molecule has 2 saturated heterocycles. The number of aldehydes is 1. The van der Waals surface area contributed by atoms with E-state index in [9.17, 15) is 19.6 Å². The number of ether oxygens (including phenoxy) is 2. The molecule has 0 radical (unpaired) electrons. The first-order valence-corrected chi connectivity index (χ1v) is 13.1. The molecule has 3 amide bonds. The zero-order chi connectivity index (χ0) is 27.4. The topological polar surface area (TPSA) is 141 Å². The Hall–Kier alpha value is -4.08. The number of methoxy groups -OCH3 is 1. The van der Waals surface area contributed by atoms with Crippen molar-refractivity contribution in [3.63, 3.8) is 0 Å². The average molecular weight is 534 g/mol. The number of fused-ring (bicyclic) bond motifs is 1. The van der Waals surface area contributed by atoms with Crippen molar-refractivity contribution >= 4 is 35.5 Å². The number of anilines is 3. The van der Waals surface area contributed by atoms with E-state index < -0.39 is 6.03 Å². The molecule has 3 aliphatic heterocycles. The second-order valence-electron chi connectivity index (χ2n) is 9.83. The van der Waals surface area contributed by atoms with Crippen LogP contribution in [0.5, 0.6) is 0 Å². The third-order valence-electron chi connectivity index (χ3n) is 7.34. The number of nitriles is 1. The molecule has 204 valence electrons. The molecule has 5 rings (SSSR count). The molecule has 1 atom stereocenters. The molecule has 0 aromatic carbocycles. The molecule has 3 aliphatic rings. The normalized spacial score (nSPS) is 19.3. The quantitative estimate of drug-likeness (QED) is 0.553. The number of pyridine rings is 2. The molecule has 0 unspecified atom stereocenters. The van der Waals surface area contributed by atoms with E-state index in [1.54, 1.807) is 18.1 Å². The molecular weight excluding hydrogens is 502 g/mol. The number of hydrogen-bond donors (Lipinski definition) is 1. The number of hydrogen-bond acceptors (Lipinski definition) is 9. The number of nitrogens with one attached hydrogen (secondary N) is 1. The minimum Gasteiger partial charge on any atom is -0.380 e. The number of rotatable bonds is 6. The van der Waals surface area contributed by atoms with Crippen LogP contribution in [0.15, 0.2) is 18.3 Å². The van der Waals surface area contributed by atoms with Gasteiger partial charge in [-0.3, -0.25) is 19.8 Å². The summed E-state index contributed by atoms with van der Waals surface area (Å²) in [5.41, 5.74) is 2.81. The van der Waals surface area contributed by atoms with Gasteiger partial charge in [0.1, 0.15) is 30.0 Å². The summed E-state index contributed by atoms with van der Waals surface area (Å²) in [5.74, 6) is 0.617. The van der Waals surface area contributed by atoms with E-state index in [1.165, 1.54) is 11.1 Å². The lowest BCUT2D eigenvalue weighted by molar-refractivity contribution is -0.134. The van der Waals surface area contributed by atoms with Gasteiger partial charge in [0.25, 0.3) is 0 Å². The van der Waals surface area contributed by atoms with Crippen molar-refractivity contribution in [3.05, 3.63) is 40.7 Å². The number of carbonyl (C=O) groups excluding carboxylic acids is 3. The van der Waals surface area contributed by atoms with Crippen molar-refractivity contribution < 1.29 is 23.9 Å². The first-order valence-electron chi connectivity index (χ1n) is 13.1. The van der Waals surface area contributed by atoms with Crippen LogP contribution in [0.25, 0.3) is 0 Å². The van der Waals surface area contributed by atoms with Crippen molar-refractivity contribution in [1.29, 1.82) is 5.26 Å². The Morgan fingerprint density at radius 1 is 1.31 bits per heavy atom. The lowest BCUT2D eigenvalue weighted by Crippen LogP contribution is -2.40. The summed E-state index contributed by atoms with van der Waals surface area (Å²) >= 11 is 0. The van der Waals surface area contributed by atoms with Crippen LogP contribution in [-0.2, 0) is 27.2 Å². The van der Waals surface area contributed by atoms with E-state index in [0.717, 1.165) is 31.4 Å². The first kappa shape index (κ1) is 26.5. The summed E-state index contributed by atoms with van der Waals surface area (Å²) in [4.78, 5) is 51.8. The fraction of sp³-hybridized carbons (Fsp3) is 0.481. The lowest BCUT2D eigenvalue weighted by Gasteiger charge is -2.30. The summed E-state index contributed by atoms with van der Waals surface area (Å²) in [6.45, 7) is 3.18. The van der Waals surface area contributed by atoms with Gasteiger partial charge in [-0.2, -0.15) is 5.26 Å². The van der Waals surface area contributed by atoms with Gasteiger partial charge in [0, 0.05) is 64.3 Å². The average Bonchev–Trinajstić information content (AvgIpc) is 3.35. The predicted molar refractivity (Wildman–Crippen MR) is 142 cm³/mol. The van der Waals surface area contributed by atoms with Crippen LogP contribution in [0.4, 0.5) is 22.1 Å². The van der Waals surface area contributed by atoms with Crippen molar-refractivity contribution in [2.75, 3.05) is 61.6 Å². The number of aryl methyl sites for hydroxylation is 1. The second-order valence-corrected chi connectivity index (χ2v) is 9.83. The van der Waals surface area contributed by atoms with Crippen LogP contribution in [0, 0.1) is 11.3 Å². The Morgan fingerprint density at radius 2 is 2.18 bits per heavy atom. The van der Waals surface area contributed by atoms with Crippen LogP contribution in [0.3, 0.4) is 0 Å². The van der Waals surface area contributed by atoms with Crippen LogP contribution >= 0.6 is 0 Å². The highest BCUT2D eigenvalue weighted by Gasteiger charge is 2.29. The van der Waals surface area contributed by atoms with E-state index in [1.807, 2.05) is 6.07 Å². The fourth-order valence-corrected chi connectivity index (χ4v) is 5.27. The molecule has 2 aromatic heterocycles. The van der Waals surface area contributed by atoms with Crippen LogP contribution < -0.4 is 15.1 Å². The maximum Gasteiger partial charge on any atom is 0.328 e. The van der Waals surface area contributed by atoms with Gasteiger partial charge >= 0.3 is 6.03 Å². The van der Waals surface area contributed by atoms with Crippen molar-refractivity contribution in [1.82, 2.24) is 14.9 Å². The zero-order valence-corrected chi connectivity index (χ0v) is 21.9.